The molecule has 1 aromatic carbocycles. The quantitative estimate of drug-likeness (QED) is 0.908. The molecule has 1 N–H and O–H groups in total. The number of benzene rings is 1. The van der Waals surface area contributed by atoms with E-state index in [4.69, 9.17) is 0 Å². The topological polar surface area (TPSA) is 67.2 Å². The van der Waals surface area contributed by atoms with Crippen LogP contribution >= 0.6 is 0 Å². The van der Waals surface area contributed by atoms with Crippen LogP contribution < -0.4 is 10.9 Å². The van der Waals surface area contributed by atoms with Crippen molar-refractivity contribution in [3.8, 4) is 0 Å². The molecule has 2 heterocycles. The molecule has 2 aromatic rings. The minimum atomic E-state index is -0.0634. The number of amides is 2. The largest absolute Gasteiger partial charge is 0.335 e. The predicted octanol–water partition coefficient (Wildman–Crippen LogP) is 1.40. The van der Waals surface area contributed by atoms with E-state index in [-0.39, 0.29) is 17.6 Å². The molecule has 2 aliphatic rings. The molecule has 0 saturated heterocycles. The van der Waals surface area contributed by atoms with Crippen LogP contribution in [-0.4, -0.2) is 33.1 Å². The van der Waals surface area contributed by atoms with Gasteiger partial charge in [0.15, 0.2) is 0 Å². The summed E-state index contributed by atoms with van der Waals surface area (Å²) in [7, 11) is 1.70. The van der Waals surface area contributed by atoms with Gasteiger partial charge in [0, 0.05) is 31.1 Å². The van der Waals surface area contributed by atoms with Crippen LogP contribution in [0.3, 0.4) is 0 Å². The molecule has 6 heteroatoms. The fraction of sp³-hybridized carbons (Fsp3) is 0.389. The van der Waals surface area contributed by atoms with Crippen molar-refractivity contribution in [2.45, 2.75) is 31.3 Å². The summed E-state index contributed by atoms with van der Waals surface area (Å²) in [4.78, 5) is 30.6. The van der Waals surface area contributed by atoms with Gasteiger partial charge >= 0.3 is 6.03 Å². The zero-order valence-electron chi connectivity index (χ0n) is 13.6. The van der Waals surface area contributed by atoms with E-state index in [1.165, 1.54) is 16.5 Å². The number of nitrogens with one attached hydrogen (secondary N) is 1. The molecule has 1 aliphatic heterocycles. The zero-order chi connectivity index (χ0) is 16.7. The van der Waals surface area contributed by atoms with Gasteiger partial charge in [0.25, 0.3) is 5.56 Å². The fourth-order valence-electron chi connectivity index (χ4n) is 3.36. The highest BCUT2D eigenvalue weighted by Gasteiger charge is 2.40. The Morgan fingerprint density at radius 2 is 2.08 bits per heavy atom. The molecule has 124 valence electrons. The Balaban J connectivity index is 1.40. The highest BCUT2D eigenvalue weighted by molar-refractivity contribution is 5.75. The second-order valence-electron chi connectivity index (χ2n) is 6.57. The van der Waals surface area contributed by atoms with Gasteiger partial charge in [0.05, 0.1) is 18.6 Å². The van der Waals surface area contributed by atoms with Gasteiger partial charge in [-0.1, -0.05) is 30.3 Å². The molecule has 1 saturated carbocycles. The number of nitrogens with zero attached hydrogens (tertiary/aromatic N) is 3. The number of aromatic nitrogens is 2. The average molecular weight is 324 g/mol. The molecule has 0 radical (unpaired) electrons. The Labute approximate surface area is 140 Å². The monoisotopic (exact) mass is 324 g/mol. The van der Waals surface area contributed by atoms with E-state index in [0.29, 0.717) is 25.4 Å². The van der Waals surface area contributed by atoms with Crippen molar-refractivity contribution in [2.75, 3.05) is 6.54 Å². The lowest BCUT2D eigenvalue weighted by Crippen LogP contribution is -2.45. The van der Waals surface area contributed by atoms with E-state index in [1.807, 2.05) is 18.2 Å². The van der Waals surface area contributed by atoms with Crippen LogP contribution in [-0.2, 0) is 20.0 Å². The minimum absolute atomic E-state index is 0.00797. The Bertz CT molecular complexity index is 831. The maximum Gasteiger partial charge on any atom is 0.317 e. The SMILES string of the molecule is Cn1cnc2c(c1=O)CCN(C(=O)N[C@H]1C[C@@H]1c1ccccc1)C2. The van der Waals surface area contributed by atoms with E-state index in [1.54, 1.807) is 11.9 Å². The van der Waals surface area contributed by atoms with E-state index < -0.39 is 0 Å². The lowest BCUT2D eigenvalue weighted by Gasteiger charge is -2.28. The Kier molecular flexibility index (Phi) is 3.59. The summed E-state index contributed by atoms with van der Waals surface area (Å²) in [5.41, 5.74) is 2.72. The number of rotatable bonds is 2. The summed E-state index contributed by atoms with van der Waals surface area (Å²) in [5.74, 6) is 0.414. The number of carbonyl (C=O) groups is 1. The third-order valence-corrected chi connectivity index (χ3v) is 4.90. The maximum atomic E-state index is 12.5. The first-order valence-electron chi connectivity index (χ1n) is 8.27. The average Bonchev–Trinajstić information content (AvgIpc) is 3.38. The van der Waals surface area contributed by atoms with E-state index >= 15 is 0 Å². The molecule has 2 amide bonds. The van der Waals surface area contributed by atoms with E-state index in [0.717, 1.165) is 17.7 Å². The maximum absolute atomic E-state index is 12.5. The van der Waals surface area contributed by atoms with Crippen molar-refractivity contribution in [2.24, 2.45) is 7.05 Å². The normalized spacial score (nSPS) is 22.0. The van der Waals surface area contributed by atoms with Crippen LogP contribution in [0.2, 0.25) is 0 Å². The second-order valence-corrected chi connectivity index (χ2v) is 6.57. The Morgan fingerprint density at radius 3 is 2.88 bits per heavy atom. The van der Waals surface area contributed by atoms with Gasteiger partial charge in [-0.2, -0.15) is 0 Å². The molecule has 0 spiro atoms. The van der Waals surface area contributed by atoms with Crippen LogP contribution in [0.1, 0.15) is 29.2 Å². The summed E-state index contributed by atoms with van der Waals surface area (Å²) in [5, 5.41) is 3.10. The van der Waals surface area contributed by atoms with Crippen molar-refractivity contribution in [3.05, 3.63) is 63.8 Å². The summed E-state index contributed by atoms with van der Waals surface area (Å²) >= 11 is 0. The minimum Gasteiger partial charge on any atom is -0.335 e. The van der Waals surface area contributed by atoms with Gasteiger partial charge < -0.3 is 14.8 Å². The first kappa shape index (κ1) is 14.9. The number of hydrogen-bond acceptors (Lipinski definition) is 3. The van der Waals surface area contributed by atoms with E-state index in [2.05, 4.69) is 22.4 Å². The number of urea groups is 1. The van der Waals surface area contributed by atoms with E-state index in [9.17, 15) is 9.59 Å². The third-order valence-electron chi connectivity index (χ3n) is 4.90. The molecular formula is C18H20N4O2. The van der Waals surface area contributed by atoms with Crippen molar-refractivity contribution in [3.63, 3.8) is 0 Å². The van der Waals surface area contributed by atoms with Crippen molar-refractivity contribution >= 4 is 6.03 Å². The van der Waals surface area contributed by atoms with Crippen molar-refractivity contribution in [1.82, 2.24) is 19.8 Å². The third kappa shape index (κ3) is 2.68. The van der Waals surface area contributed by atoms with Crippen molar-refractivity contribution in [1.29, 1.82) is 0 Å². The van der Waals surface area contributed by atoms with Crippen molar-refractivity contribution < 1.29 is 4.79 Å². The summed E-state index contributed by atoms with van der Waals surface area (Å²) in [6, 6.07) is 10.4. The number of aryl methyl sites for hydroxylation is 1. The molecule has 24 heavy (non-hydrogen) atoms. The number of hydrogen-bond donors (Lipinski definition) is 1. The Morgan fingerprint density at radius 1 is 1.29 bits per heavy atom. The standard InChI is InChI=1S/C18H20N4O2/c1-21-11-19-16-10-22(8-7-13(16)17(21)23)18(24)20-15-9-14(15)12-5-3-2-4-6-12/h2-6,11,14-15H,7-10H2,1H3,(H,20,24)/t14-,15+/m1/s1. The summed E-state index contributed by atoms with van der Waals surface area (Å²) in [6.07, 6.45) is 3.07. The van der Waals surface area contributed by atoms with Crippen LogP contribution in [0.15, 0.2) is 41.5 Å². The van der Waals surface area contributed by atoms with Gasteiger partial charge in [-0.15, -0.1) is 0 Å². The first-order valence-corrected chi connectivity index (χ1v) is 8.27. The highest BCUT2D eigenvalue weighted by Crippen LogP contribution is 2.40. The molecule has 1 aliphatic carbocycles. The zero-order valence-corrected chi connectivity index (χ0v) is 13.6. The highest BCUT2D eigenvalue weighted by atomic mass is 16.2. The van der Waals surface area contributed by atoms with Crippen LogP contribution in [0.5, 0.6) is 0 Å². The molecule has 0 unspecified atom stereocenters. The van der Waals surface area contributed by atoms with Crippen LogP contribution in [0, 0.1) is 0 Å². The molecule has 4 rings (SSSR count). The van der Waals surface area contributed by atoms with Gasteiger partial charge in [-0.3, -0.25) is 4.79 Å². The lowest BCUT2D eigenvalue weighted by molar-refractivity contribution is 0.190. The van der Waals surface area contributed by atoms with Gasteiger partial charge in [-0.25, -0.2) is 9.78 Å². The smallest absolute Gasteiger partial charge is 0.317 e. The first-order chi connectivity index (χ1) is 11.6. The fourth-order valence-corrected chi connectivity index (χ4v) is 3.36. The molecule has 1 aromatic heterocycles. The lowest BCUT2D eigenvalue weighted by atomic mass is 10.1. The van der Waals surface area contributed by atoms with Gasteiger partial charge in [0.2, 0.25) is 0 Å². The van der Waals surface area contributed by atoms with Crippen LogP contribution in [0.4, 0.5) is 4.79 Å². The van der Waals surface area contributed by atoms with Gasteiger partial charge in [0.1, 0.15) is 0 Å². The molecule has 0 bridgehead atoms. The molecular weight excluding hydrogens is 304 g/mol. The second kappa shape index (κ2) is 5.78. The molecule has 2 atom stereocenters. The van der Waals surface area contributed by atoms with Crippen LogP contribution in [0.25, 0.3) is 0 Å². The summed E-state index contributed by atoms with van der Waals surface area (Å²) < 4.78 is 1.49. The number of carbonyl (C=O) groups excluding carboxylic acids is 1. The van der Waals surface area contributed by atoms with Gasteiger partial charge in [-0.05, 0) is 18.4 Å². The predicted molar refractivity (Wildman–Crippen MR) is 89.7 cm³/mol. The molecule has 6 nitrogen and oxygen atoms in total. The summed E-state index contributed by atoms with van der Waals surface area (Å²) in [6.45, 7) is 0.961. The molecule has 1 fully saturated rings. The Hall–Kier alpha value is -2.63. The number of fused-ring (bicyclic) bond motifs is 1.